The van der Waals surface area contributed by atoms with Crippen molar-refractivity contribution in [2.75, 3.05) is 12.8 Å². The van der Waals surface area contributed by atoms with Gasteiger partial charge in [-0.3, -0.25) is 4.79 Å². The molecule has 0 aliphatic heterocycles. The van der Waals surface area contributed by atoms with Gasteiger partial charge in [0, 0.05) is 5.56 Å². The van der Waals surface area contributed by atoms with Crippen molar-refractivity contribution in [3.8, 4) is 17.2 Å². The van der Waals surface area contributed by atoms with Crippen LogP contribution in [0.1, 0.15) is 10.4 Å². The molecule has 0 atom stereocenters. The summed E-state index contributed by atoms with van der Waals surface area (Å²) in [6.07, 6.45) is 1.50. The smallest absolute Gasteiger partial charge is 0.248 e. The fraction of sp³-hybridized carbons (Fsp3) is 0.0769. The summed E-state index contributed by atoms with van der Waals surface area (Å²) in [5.74, 6) is 1.26. The maximum absolute atomic E-state index is 11.1. The van der Waals surface area contributed by atoms with E-state index in [4.69, 9.17) is 20.9 Å². The quantitative estimate of drug-likeness (QED) is 0.867. The molecule has 6 heteroatoms. The highest BCUT2D eigenvalue weighted by Crippen LogP contribution is 2.32. The number of nitrogen functional groups attached to an aromatic ring is 1. The van der Waals surface area contributed by atoms with Gasteiger partial charge in [-0.25, -0.2) is 4.98 Å². The summed E-state index contributed by atoms with van der Waals surface area (Å²) in [6, 6.07) is 7.99. The Hall–Kier alpha value is -2.76. The van der Waals surface area contributed by atoms with E-state index in [1.54, 1.807) is 24.3 Å². The van der Waals surface area contributed by atoms with E-state index in [0.29, 0.717) is 28.6 Å². The summed E-state index contributed by atoms with van der Waals surface area (Å²) < 4.78 is 10.7. The Morgan fingerprint density at radius 1 is 1.21 bits per heavy atom. The zero-order chi connectivity index (χ0) is 13.8. The third-order valence-corrected chi connectivity index (χ3v) is 2.44. The number of hydrogen-bond acceptors (Lipinski definition) is 5. The number of amides is 1. The van der Waals surface area contributed by atoms with Gasteiger partial charge in [0.05, 0.1) is 13.3 Å². The average Bonchev–Trinajstić information content (AvgIpc) is 2.41. The van der Waals surface area contributed by atoms with Gasteiger partial charge in [-0.2, -0.15) is 0 Å². The Morgan fingerprint density at radius 3 is 2.58 bits per heavy atom. The Balaban J connectivity index is 2.29. The summed E-state index contributed by atoms with van der Waals surface area (Å²) in [5.41, 5.74) is 11.0. The fourth-order valence-corrected chi connectivity index (χ4v) is 1.48. The fourth-order valence-electron chi connectivity index (χ4n) is 1.48. The standard InChI is InChI=1S/C13H13N3O3/c1-18-11-6-8(13(15)17)2-4-10(11)19-9-3-5-12(14)16-7-9/h2-7H,1H3,(H2,14,16)(H2,15,17). The lowest BCUT2D eigenvalue weighted by Gasteiger charge is -2.10. The van der Waals surface area contributed by atoms with E-state index in [1.807, 2.05) is 0 Å². The van der Waals surface area contributed by atoms with E-state index in [2.05, 4.69) is 4.98 Å². The number of benzene rings is 1. The Bertz CT molecular complexity index is 597. The van der Waals surface area contributed by atoms with Crippen LogP contribution < -0.4 is 20.9 Å². The number of methoxy groups -OCH3 is 1. The number of hydrogen-bond donors (Lipinski definition) is 2. The van der Waals surface area contributed by atoms with Crippen LogP contribution in [0, 0.1) is 0 Å². The maximum atomic E-state index is 11.1. The molecule has 98 valence electrons. The highest BCUT2D eigenvalue weighted by Gasteiger charge is 2.09. The largest absolute Gasteiger partial charge is 0.493 e. The van der Waals surface area contributed by atoms with Crippen molar-refractivity contribution in [1.82, 2.24) is 4.98 Å². The molecule has 0 aliphatic rings. The Kier molecular flexibility index (Phi) is 3.51. The number of aromatic nitrogens is 1. The number of nitrogens with two attached hydrogens (primary N) is 2. The minimum atomic E-state index is -0.529. The molecule has 19 heavy (non-hydrogen) atoms. The maximum Gasteiger partial charge on any atom is 0.248 e. The van der Waals surface area contributed by atoms with Gasteiger partial charge in [-0.15, -0.1) is 0 Å². The number of carbonyl (C=O) groups is 1. The lowest BCUT2D eigenvalue weighted by molar-refractivity contribution is 0.1000. The van der Waals surface area contributed by atoms with Gasteiger partial charge in [0.1, 0.15) is 11.6 Å². The predicted molar refractivity (Wildman–Crippen MR) is 70.2 cm³/mol. The van der Waals surface area contributed by atoms with E-state index in [9.17, 15) is 4.79 Å². The molecule has 1 amide bonds. The summed E-state index contributed by atoms with van der Waals surface area (Å²) in [5, 5.41) is 0. The van der Waals surface area contributed by atoms with Gasteiger partial charge in [-0.05, 0) is 30.3 Å². The molecule has 0 radical (unpaired) electrons. The molecule has 1 heterocycles. The molecule has 0 aliphatic carbocycles. The monoisotopic (exact) mass is 259 g/mol. The van der Waals surface area contributed by atoms with Crippen molar-refractivity contribution in [3.63, 3.8) is 0 Å². The summed E-state index contributed by atoms with van der Waals surface area (Å²) in [7, 11) is 1.48. The molecule has 2 rings (SSSR count). The van der Waals surface area contributed by atoms with Gasteiger partial charge < -0.3 is 20.9 Å². The second-order valence-corrected chi connectivity index (χ2v) is 3.75. The first-order chi connectivity index (χ1) is 9.10. The Morgan fingerprint density at radius 2 is 2.00 bits per heavy atom. The molecule has 6 nitrogen and oxygen atoms in total. The molecule has 0 bridgehead atoms. The minimum absolute atomic E-state index is 0.347. The SMILES string of the molecule is COc1cc(C(N)=O)ccc1Oc1ccc(N)nc1. The van der Waals surface area contributed by atoms with E-state index < -0.39 is 5.91 Å². The molecule has 0 spiro atoms. The Labute approximate surface area is 110 Å². The van der Waals surface area contributed by atoms with E-state index in [-0.39, 0.29) is 0 Å². The third-order valence-electron chi connectivity index (χ3n) is 2.44. The first kappa shape index (κ1) is 12.7. The summed E-state index contributed by atoms with van der Waals surface area (Å²) in [6.45, 7) is 0. The van der Waals surface area contributed by atoms with Gasteiger partial charge in [0.25, 0.3) is 0 Å². The molecule has 0 fully saturated rings. The molecule has 2 aromatic rings. The van der Waals surface area contributed by atoms with Crippen LogP contribution in [0.5, 0.6) is 17.2 Å². The molecule has 0 saturated carbocycles. The second kappa shape index (κ2) is 5.26. The van der Waals surface area contributed by atoms with Crippen LogP contribution in [0.2, 0.25) is 0 Å². The van der Waals surface area contributed by atoms with Crippen LogP contribution in [0.3, 0.4) is 0 Å². The normalized spacial score (nSPS) is 9.95. The lowest BCUT2D eigenvalue weighted by atomic mass is 10.2. The zero-order valence-electron chi connectivity index (χ0n) is 10.3. The number of primary amides is 1. The predicted octanol–water partition coefficient (Wildman–Crippen LogP) is 1.56. The second-order valence-electron chi connectivity index (χ2n) is 3.75. The van der Waals surface area contributed by atoms with Crippen LogP contribution in [-0.2, 0) is 0 Å². The molecule has 1 aromatic heterocycles. The number of nitrogens with zero attached hydrogens (tertiary/aromatic N) is 1. The van der Waals surface area contributed by atoms with Crippen molar-refractivity contribution >= 4 is 11.7 Å². The zero-order valence-corrected chi connectivity index (χ0v) is 10.3. The molecule has 0 unspecified atom stereocenters. The van der Waals surface area contributed by atoms with Crippen LogP contribution in [0.25, 0.3) is 0 Å². The van der Waals surface area contributed by atoms with Crippen LogP contribution >= 0.6 is 0 Å². The molecule has 0 saturated heterocycles. The topological polar surface area (TPSA) is 100 Å². The van der Waals surface area contributed by atoms with Crippen LogP contribution in [0.15, 0.2) is 36.5 Å². The summed E-state index contributed by atoms with van der Waals surface area (Å²) in [4.78, 5) is 15.0. The number of anilines is 1. The molecular weight excluding hydrogens is 246 g/mol. The number of carbonyl (C=O) groups excluding carboxylic acids is 1. The number of pyridine rings is 1. The molecule has 1 aromatic carbocycles. The summed E-state index contributed by atoms with van der Waals surface area (Å²) >= 11 is 0. The molecular formula is C13H13N3O3. The highest BCUT2D eigenvalue weighted by atomic mass is 16.5. The first-order valence-corrected chi connectivity index (χ1v) is 5.47. The van der Waals surface area contributed by atoms with Crippen molar-refractivity contribution in [1.29, 1.82) is 0 Å². The minimum Gasteiger partial charge on any atom is -0.493 e. The van der Waals surface area contributed by atoms with Crippen LogP contribution in [0.4, 0.5) is 5.82 Å². The van der Waals surface area contributed by atoms with Crippen molar-refractivity contribution < 1.29 is 14.3 Å². The van der Waals surface area contributed by atoms with Crippen LogP contribution in [-0.4, -0.2) is 18.0 Å². The molecule has 4 N–H and O–H groups in total. The van der Waals surface area contributed by atoms with Gasteiger partial charge in [0.15, 0.2) is 11.5 Å². The van der Waals surface area contributed by atoms with E-state index >= 15 is 0 Å². The van der Waals surface area contributed by atoms with Crippen molar-refractivity contribution in [2.24, 2.45) is 5.73 Å². The van der Waals surface area contributed by atoms with Gasteiger partial charge in [0.2, 0.25) is 5.91 Å². The van der Waals surface area contributed by atoms with Crippen molar-refractivity contribution in [2.45, 2.75) is 0 Å². The van der Waals surface area contributed by atoms with Gasteiger partial charge in [-0.1, -0.05) is 0 Å². The van der Waals surface area contributed by atoms with Crippen molar-refractivity contribution in [3.05, 3.63) is 42.1 Å². The third kappa shape index (κ3) is 2.92. The first-order valence-electron chi connectivity index (χ1n) is 5.47. The lowest BCUT2D eigenvalue weighted by Crippen LogP contribution is -2.10. The highest BCUT2D eigenvalue weighted by molar-refractivity contribution is 5.93. The van der Waals surface area contributed by atoms with E-state index in [1.165, 1.54) is 19.4 Å². The number of ether oxygens (including phenoxy) is 2. The van der Waals surface area contributed by atoms with Gasteiger partial charge >= 0.3 is 0 Å². The van der Waals surface area contributed by atoms with E-state index in [0.717, 1.165) is 0 Å². The number of rotatable bonds is 4. The average molecular weight is 259 g/mol.